The van der Waals surface area contributed by atoms with Crippen molar-refractivity contribution in [1.82, 2.24) is 0 Å². The number of fused-ring (bicyclic) bond motifs is 7. The van der Waals surface area contributed by atoms with Crippen LogP contribution in [-0.2, 0) is 0 Å². The summed E-state index contributed by atoms with van der Waals surface area (Å²) in [6.45, 7) is 0. The Labute approximate surface area is 287 Å². The van der Waals surface area contributed by atoms with Gasteiger partial charge in [-0.05, 0) is 64.5 Å². The first-order chi connectivity index (χ1) is 24.3. The highest BCUT2D eigenvalue weighted by Crippen LogP contribution is 2.50. The number of thiophene rings is 1. The van der Waals surface area contributed by atoms with Crippen molar-refractivity contribution in [1.29, 1.82) is 0 Å². The first-order valence-corrected chi connectivity index (χ1v) is 17.4. The van der Waals surface area contributed by atoms with Gasteiger partial charge in [0.2, 0.25) is 0 Å². The summed E-state index contributed by atoms with van der Waals surface area (Å²) in [6, 6.07) is 63.2. The second-order valence-corrected chi connectivity index (χ2v) is 13.5. The van der Waals surface area contributed by atoms with Gasteiger partial charge >= 0.3 is 0 Å². The number of nitrogens with zero attached hydrogens (tertiary/aromatic N) is 1. The van der Waals surface area contributed by atoms with Crippen LogP contribution in [0.15, 0.2) is 180 Å². The van der Waals surface area contributed by atoms with Gasteiger partial charge in [0.05, 0.1) is 11.4 Å². The van der Waals surface area contributed by atoms with Gasteiger partial charge in [-0.2, -0.15) is 0 Å². The van der Waals surface area contributed by atoms with E-state index in [2.05, 4.69) is 175 Å². The highest BCUT2D eigenvalue weighted by Gasteiger charge is 2.26. The molecule has 10 rings (SSSR count). The maximum absolute atomic E-state index is 6.88. The SMILES string of the molecule is c1ccc(-c2ccc3c(oc4ccccc43)c2N(c2ccc3sc4ccccc4c3c2)c2ccc(-c3ccccc3)c3ccccc23)cc1. The van der Waals surface area contributed by atoms with Crippen LogP contribution in [0.25, 0.3) is 75.1 Å². The summed E-state index contributed by atoms with van der Waals surface area (Å²) in [5, 5.41) is 7.12. The average molecular weight is 644 g/mol. The number of hydrogen-bond donors (Lipinski definition) is 0. The Balaban J connectivity index is 1.35. The van der Waals surface area contributed by atoms with Crippen LogP contribution in [0.1, 0.15) is 0 Å². The number of rotatable bonds is 5. The lowest BCUT2D eigenvalue weighted by Gasteiger charge is -2.29. The van der Waals surface area contributed by atoms with Gasteiger partial charge in [-0.3, -0.25) is 0 Å². The summed E-state index contributed by atoms with van der Waals surface area (Å²) in [5.41, 5.74) is 9.61. The Morgan fingerprint density at radius 1 is 0.408 bits per heavy atom. The van der Waals surface area contributed by atoms with Crippen molar-refractivity contribution in [2.45, 2.75) is 0 Å². The molecular formula is C46H29NOS. The minimum Gasteiger partial charge on any atom is -0.454 e. The molecule has 3 heteroatoms. The molecule has 0 aliphatic carbocycles. The maximum Gasteiger partial charge on any atom is 0.160 e. The maximum atomic E-state index is 6.88. The zero-order chi connectivity index (χ0) is 32.3. The number of hydrogen-bond acceptors (Lipinski definition) is 3. The van der Waals surface area contributed by atoms with Gasteiger partial charge in [-0.15, -0.1) is 11.3 Å². The minimum absolute atomic E-state index is 0.869. The molecule has 0 atom stereocenters. The molecular weight excluding hydrogens is 615 g/mol. The topological polar surface area (TPSA) is 16.4 Å². The van der Waals surface area contributed by atoms with Crippen molar-refractivity contribution >= 4 is 81.3 Å². The molecule has 0 amide bonds. The Morgan fingerprint density at radius 3 is 1.82 bits per heavy atom. The van der Waals surface area contributed by atoms with Crippen molar-refractivity contribution in [3.8, 4) is 22.3 Å². The predicted octanol–water partition coefficient (Wildman–Crippen LogP) is 13.9. The van der Waals surface area contributed by atoms with Gasteiger partial charge in [0.1, 0.15) is 5.58 Å². The molecule has 0 aliphatic heterocycles. The van der Waals surface area contributed by atoms with E-state index >= 15 is 0 Å². The summed E-state index contributed by atoms with van der Waals surface area (Å²) >= 11 is 1.84. The lowest BCUT2D eigenvalue weighted by molar-refractivity contribution is 0.669. The highest BCUT2D eigenvalue weighted by molar-refractivity contribution is 7.25. The fourth-order valence-electron chi connectivity index (χ4n) is 7.44. The summed E-state index contributed by atoms with van der Waals surface area (Å²) in [7, 11) is 0. The molecule has 0 N–H and O–H groups in total. The lowest BCUT2D eigenvalue weighted by atomic mass is 9.95. The van der Waals surface area contributed by atoms with Gasteiger partial charge in [0.15, 0.2) is 5.58 Å². The molecule has 10 aromatic rings. The Kier molecular flexibility index (Phi) is 6.39. The Morgan fingerprint density at radius 2 is 1.02 bits per heavy atom. The smallest absolute Gasteiger partial charge is 0.160 e. The third kappa shape index (κ3) is 4.47. The number of furan rings is 1. The summed E-state index contributed by atoms with van der Waals surface area (Å²) in [5.74, 6) is 0. The normalized spacial score (nSPS) is 11.7. The molecule has 2 aromatic heterocycles. The predicted molar refractivity (Wildman–Crippen MR) is 210 cm³/mol. The van der Waals surface area contributed by atoms with E-state index in [1.807, 2.05) is 17.4 Å². The molecule has 0 fully saturated rings. The quantitative estimate of drug-likeness (QED) is 0.186. The molecule has 0 bridgehead atoms. The molecule has 2 heterocycles. The van der Waals surface area contributed by atoms with Crippen molar-refractivity contribution in [2.24, 2.45) is 0 Å². The van der Waals surface area contributed by atoms with Crippen molar-refractivity contribution in [2.75, 3.05) is 4.90 Å². The van der Waals surface area contributed by atoms with E-state index < -0.39 is 0 Å². The first kappa shape index (κ1) is 27.9. The number of benzene rings is 8. The van der Waals surface area contributed by atoms with E-state index in [-0.39, 0.29) is 0 Å². The summed E-state index contributed by atoms with van der Waals surface area (Å²) in [6.07, 6.45) is 0. The van der Waals surface area contributed by atoms with Crippen molar-refractivity contribution in [3.63, 3.8) is 0 Å². The van der Waals surface area contributed by atoms with Crippen molar-refractivity contribution < 1.29 is 4.42 Å². The zero-order valence-electron chi connectivity index (χ0n) is 26.5. The molecule has 230 valence electrons. The van der Waals surface area contributed by atoms with Gasteiger partial charge in [-0.25, -0.2) is 0 Å². The van der Waals surface area contributed by atoms with Crippen LogP contribution in [0, 0.1) is 0 Å². The molecule has 0 radical (unpaired) electrons. The molecule has 8 aromatic carbocycles. The first-order valence-electron chi connectivity index (χ1n) is 16.6. The fraction of sp³-hybridized carbons (Fsp3) is 0. The molecule has 0 saturated carbocycles. The van der Waals surface area contributed by atoms with Gasteiger partial charge < -0.3 is 9.32 Å². The van der Waals surface area contributed by atoms with Crippen LogP contribution < -0.4 is 4.90 Å². The second-order valence-electron chi connectivity index (χ2n) is 12.5. The molecule has 0 saturated heterocycles. The van der Waals surface area contributed by atoms with Gasteiger partial charge in [0.25, 0.3) is 0 Å². The monoisotopic (exact) mass is 643 g/mol. The van der Waals surface area contributed by atoms with Crippen LogP contribution in [-0.4, -0.2) is 0 Å². The molecule has 0 spiro atoms. The molecule has 0 unspecified atom stereocenters. The van der Waals surface area contributed by atoms with E-state index in [4.69, 9.17) is 4.42 Å². The van der Waals surface area contributed by atoms with Crippen LogP contribution >= 0.6 is 11.3 Å². The number of para-hydroxylation sites is 1. The number of anilines is 3. The third-order valence-corrected chi connectivity index (χ3v) is 10.8. The summed E-state index contributed by atoms with van der Waals surface area (Å²) < 4.78 is 9.45. The van der Waals surface area contributed by atoms with Crippen molar-refractivity contribution in [3.05, 3.63) is 176 Å². The fourth-order valence-corrected chi connectivity index (χ4v) is 8.52. The molecule has 0 aliphatic rings. The lowest BCUT2D eigenvalue weighted by Crippen LogP contribution is -2.12. The zero-order valence-corrected chi connectivity index (χ0v) is 27.3. The van der Waals surface area contributed by atoms with Crippen LogP contribution in [0.5, 0.6) is 0 Å². The molecule has 49 heavy (non-hydrogen) atoms. The van der Waals surface area contributed by atoms with Gasteiger partial charge in [0, 0.05) is 47.6 Å². The second kappa shape index (κ2) is 11.2. The molecule has 2 nitrogen and oxygen atoms in total. The standard InChI is InChI=1S/C46H29NOS/c1-3-13-30(14-4-1)33-26-27-41(36-18-8-7-17-35(33)36)47(32-23-28-44-40(29-32)38-20-10-12-22-43(38)49-44)45-34(31-15-5-2-6-16-31)24-25-39-37-19-9-11-21-42(37)48-46(39)45/h1-29H. The average Bonchev–Trinajstić information content (AvgIpc) is 3.74. The van der Waals surface area contributed by atoms with E-state index in [1.54, 1.807) is 0 Å². The van der Waals surface area contributed by atoms with E-state index in [0.29, 0.717) is 0 Å². The van der Waals surface area contributed by atoms with Crippen LogP contribution in [0.4, 0.5) is 17.1 Å². The third-order valence-electron chi connectivity index (χ3n) is 9.67. The van der Waals surface area contributed by atoms with Gasteiger partial charge in [-0.1, -0.05) is 133 Å². The van der Waals surface area contributed by atoms with E-state index in [9.17, 15) is 0 Å². The van der Waals surface area contributed by atoms with Crippen LogP contribution in [0.2, 0.25) is 0 Å². The summed E-state index contributed by atoms with van der Waals surface area (Å²) in [4.78, 5) is 2.44. The Bertz CT molecular complexity index is 2830. The van der Waals surface area contributed by atoms with E-state index in [1.165, 1.54) is 42.1 Å². The van der Waals surface area contributed by atoms with Crippen LogP contribution in [0.3, 0.4) is 0 Å². The highest BCUT2D eigenvalue weighted by atomic mass is 32.1. The van der Waals surface area contributed by atoms with E-state index in [0.717, 1.165) is 50.1 Å². The largest absolute Gasteiger partial charge is 0.454 e. The minimum atomic E-state index is 0.869. The Hall–Kier alpha value is -6.16.